The van der Waals surface area contributed by atoms with Crippen LogP contribution in [0.5, 0.6) is 0 Å². The van der Waals surface area contributed by atoms with E-state index < -0.39 is 0 Å². The lowest BCUT2D eigenvalue weighted by molar-refractivity contribution is 0.159. The van der Waals surface area contributed by atoms with Crippen molar-refractivity contribution in [2.45, 2.75) is 19.9 Å². The van der Waals surface area contributed by atoms with E-state index in [9.17, 15) is 0 Å². The van der Waals surface area contributed by atoms with Crippen molar-refractivity contribution in [1.82, 2.24) is 10.6 Å². The average Bonchev–Trinajstić information content (AvgIpc) is 2.11. The molecule has 2 N–H and O–H groups in total. The molecule has 0 spiro atoms. The van der Waals surface area contributed by atoms with Gasteiger partial charge in [-0.25, -0.2) is 0 Å². The molecule has 0 amide bonds. The second-order valence-corrected chi connectivity index (χ2v) is 2.31. The van der Waals surface area contributed by atoms with Crippen molar-refractivity contribution in [3.05, 3.63) is 0 Å². The van der Waals surface area contributed by atoms with Crippen molar-refractivity contribution in [3.63, 3.8) is 0 Å². The van der Waals surface area contributed by atoms with Gasteiger partial charge in [-0.2, -0.15) is 0 Å². The van der Waals surface area contributed by atoms with Crippen molar-refractivity contribution in [3.8, 4) is 0 Å². The van der Waals surface area contributed by atoms with E-state index in [1.165, 1.54) is 0 Å². The van der Waals surface area contributed by atoms with Crippen LogP contribution in [0.1, 0.15) is 13.8 Å². The number of rotatable bonds is 2. The molecule has 0 bridgehead atoms. The minimum atomic E-state index is 0.517. The Morgan fingerprint density at radius 1 is 1.36 bits per heavy atom. The van der Waals surface area contributed by atoms with E-state index in [4.69, 9.17) is 4.74 Å². The maximum Gasteiger partial charge on any atom is 0.0628 e. The first kappa shape index (κ1) is 10.9. The number of ether oxygens (including phenoxy) is 1. The molecule has 0 aromatic heterocycles. The van der Waals surface area contributed by atoms with Crippen LogP contribution in [0, 0.1) is 0 Å². The summed E-state index contributed by atoms with van der Waals surface area (Å²) >= 11 is 0. The lowest BCUT2D eigenvalue weighted by atomic mass is 10.2. The number of piperazine rings is 1. The zero-order valence-corrected chi connectivity index (χ0v) is 7.81. The predicted molar refractivity (Wildman–Crippen MR) is 47.9 cm³/mol. The zero-order chi connectivity index (χ0) is 8.53. The molecule has 3 heteroatoms. The van der Waals surface area contributed by atoms with Crippen LogP contribution in [0.3, 0.4) is 0 Å². The van der Waals surface area contributed by atoms with Crippen LogP contribution < -0.4 is 10.6 Å². The summed E-state index contributed by atoms with van der Waals surface area (Å²) in [6.45, 7) is 8.00. The van der Waals surface area contributed by atoms with Crippen molar-refractivity contribution in [2.24, 2.45) is 0 Å². The molecule has 1 fully saturated rings. The fraction of sp³-hybridized carbons (Fsp3) is 1.00. The fourth-order valence-electron chi connectivity index (χ4n) is 1.03. The van der Waals surface area contributed by atoms with E-state index >= 15 is 0 Å². The van der Waals surface area contributed by atoms with Crippen LogP contribution in [0.2, 0.25) is 0 Å². The molecule has 1 saturated heterocycles. The molecule has 0 saturated carbocycles. The zero-order valence-electron chi connectivity index (χ0n) is 7.81. The molecule has 3 nitrogen and oxygen atoms in total. The molecule has 1 aliphatic rings. The summed E-state index contributed by atoms with van der Waals surface area (Å²) in [7, 11) is 1.73. The molecule has 1 atom stereocenters. The monoisotopic (exact) mass is 160 g/mol. The Balaban J connectivity index is 0.000000461. The van der Waals surface area contributed by atoms with Gasteiger partial charge in [-0.15, -0.1) is 0 Å². The molecule has 1 unspecified atom stereocenters. The van der Waals surface area contributed by atoms with E-state index in [2.05, 4.69) is 10.6 Å². The maximum absolute atomic E-state index is 4.98. The van der Waals surface area contributed by atoms with Crippen LogP contribution in [0.15, 0.2) is 0 Å². The Hall–Kier alpha value is -0.120. The van der Waals surface area contributed by atoms with Crippen LogP contribution in [0.4, 0.5) is 0 Å². The highest BCUT2D eigenvalue weighted by molar-refractivity contribution is 4.74. The quantitative estimate of drug-likeness (QED) is 0.606. The number of nitrogens with one attached hydrogen (secondary N) is 2. The summed E-state index contributed by atoms with van der Waals surface area (Å²) in [5, 5.41) is 6.61. The number of hydrogen-bond donors (Lipinski definition) is 2. The molecule has 68 valence electrons. The van der Waals surface area contributed by atoms with Gasteiger partial charge in [-0.3, -0.25) is 0 Å². The van der Waals surface area contributed by atoms with Gasteiger partial charge >= 0.3 is 0 Å². The van der Waals surface area contributed by atoms with Gasteiger partial charge in [0, 0.05) is 32.8 Å². The molecule has 11 heavy (non-hydrogen) atoms. The summed E-state index contributed by atoms with van der Waals surface area (Å²) in [6.07, 6.45) is 0. The molecule has 0 aromatic rings. The van der Waals surface area contributed by atoms with E-state index in [-0.39, 0.29) is 0 Å². The molecule has 0 aliphatic carbocycles. The van der Waals surface area contributed by atoms with Gasteiger partial charge in [0.05, 0.1) is 6.61 Å². The molecule has 1 rings (SSSR count). The Morgan fingerprint density at radius 3 is 2.55 bits per heavy atom. The first-order valence-corrected chi connectivity index (χ1v) is 4.36. The molecular weight excluding hydrogens is 140 g/mol. The van der Waals surface area contributed by atoms with E-state index in [1.54, 1.807) is 7.11 Å². The second kappa shape index (κ2) is 7.98. The minimum absolute atomic E-state index is 0.517. The SMILES string of the molecule is CC.COCC1CNCCN1. The maximum atomic E-state index is 4.98. The normalized spacial score (nSPS) is 23.7. The van der Waals surface area contributed by atoms with Gasteiger partial charge in [0.15, 0.2) is 0 Å². The lowest BCUT2D eigenvalue weighted by Crippen LogP contribution is -2.50. The molecule has 0 aromatic carbocycles. The summed E-state index contributed by atoms with van der Waals surface area (Å²) in [5.74, 6) is 0. The predicted octanol–water partition coefficient (Wildman–Crippen LogP) is 0.220. The Labute approximate surface area is 69.5 Å². The third-order valence-corrected chi connectivity index (χ3v) is 1.49. The van der Waals surface area contributed by atoms with Crippen LogP contribution in [0.25, 0.3) is 0 Å². The summed E-state index contributed by atoms with van der Waals surface area (Å²) in [4.78, 5) is 0. The van der Waals surface area contributed by atoms with Crippen molar-refractivity contribution >= 4 is 0 Å². The largest absolute Gasteiger partial charge is 0.383 e. The third kappa shape index (κ3) is 5.18. The second-order valence-electron chi connectivity index (χ2n) is 2.31. The Bertz CT molecular complexity index is 69.7. The molecule has 0 radical (unpaired) electrons. The Kier molecular flexibility index (Phi) is 7.89. The van der Waals surface area contributed by atoms with Crippen LogP contribution in [-0.4, -0.2) is 39.4 Å². The summed E-state index contributed by atoms with van der Waals surface area (Å²) < 4.78 is 4.98. The van der Waals surface area contributed by atoms with Crippen molar-refractivity contribution in [2.75, 3.05) is 33.4 Å². The minimum Gasteiger partial charge on any atom is -0.383 e. The van der Waals surface area contributed by atoms with Crippen LogP contribution in [-0.2, 0) is 4.74 Å². The number of methoxy groups -OCH3 is 1. The van der Waals surface area contributed by atoms with Gasteiger partial charge in [0.25, 0.3) is 0 Å². The lowest BCUT2D eigenvalue weighted by Gasteiger charge is -2.23. The molecule has 1 heterocycles. The summed E-state index contributed by atoms with van der Waals surface area (Å²) in [6, 6.07) is 0.517. The van der Waals surface area contributed by atoms with E-state index in [0.717, 1.165) is 26.2 Å². The first-order chi connectivity index (χ1) is 5.43. The highest BCUT2D eigenvalue weighted by Crippen LogP contribution is 1.85. The fourth-order valence-corrected chi connectivity index (χ4v) is 1.03. The first-order valence-electron chi connectivity index (χ1n) is 4.36. The molecule has 1 aliphatic heterocycles. The van der Waals surface area contributed by atoms with Gasteiger partial charge in [0.1, 0.15) is 0 Å². The van der Waals surface area contributed by atoms with Gasteiger partial charge < -0.3 is 15.4 Å². The highest BCUT2D eigenvalue weighted by atomic mass is 16.5. The topological polar surface area (TPSA) is 33.3 Å². The Morgan fingerprint density at radius 2 is 2.09 bits per heavy atom. The van der Waals surface area contributed by atoms with Crippen LogP contribution >= 0.6 is 0 Å². The van der Waals surface area contributed by atoms with Crippen molar-refractivity contribution in [1.29, 1.82) is 0 Å². The summed E-state index contributed by atoms with van der Waals surface area (Å²) in [5.41, 5.74) is 0. The van der Waals surface area contributed by atoms with Gasteiger partial charge in [-0.1, -0.05) is 13.8 Å². The van der Waals surface area contributed by atoms with Gasteiger partial charge in [0.2, 0.25) is 0 Å². The standard InChI is InChI=1S/C6H14N2O.C2H6/c1-9-5-6-4-7-2-3-8-6;1-2/h6-8H,2-5H2,1H3;1-2H3. The third-order valence-electron chi connectivity index (χ3n) is 1.49. The molecular formula is C8H20N2O. The van der Waals surface area contributed by atoms with Gasteiger partial charge in [-0.05, 0) is 0 Å². The highest BCUT2D eigenvalue weighted by Gasteiger charge is 2.09. The van der Waals surface area contributed by atoms with E-state index in [0.29, 0.717) is 6.04 Å². The van der Waals surface area contributed by atoms with E-state index in [1.807, 2.05) is 13.8 Å². The van der Waals surface area contributed by atoms with Crippen molar-refractivity contribution < 1.29 is 4.74 Å². The number of hydrogen-bond acceptors (Lipinski definition) is 3. The smallest absolute Gasteiger partial charge is 0.0628 e. The average molecular weight is 160 g/mol.